The van der Waals surface area contributed by atoms with Gasteiger partial charge in [0.15, 0.2) is 11.5 Å². The van der Waals surface area contributed by atoms with Crippen LogP contribution in [0.5, 0.6) is 11.5 Å². The van der Waals surface area contributed by atoms with Gasteiger partial charge in [-0.2, -0.15) is 4.98 Å². The molecule has 1 aliphatic heterocycles. The molecule has 1 N–H and O–H groups in total. The minimum absolute atomic E-state index is 0.0912. The van der Waals surface area contributed by atoms with Crippen molar-refractivity contribution in [3.05, 3.63) is 18.2 Å². The van der Waals surface area contributed by atoms with Crippen LogP contribution in [0.1, 0.15) is 25.7 Å². The van der Waals surface area contributed by atoms with E-state index in [1.807, 2.05) is 0 Å². The molecule has 112 valence electrons. The number of nitrogens with zero attached hydrogens (tertiary/aromatic N) is 3. The van der Waals surface area contributed by atoms with E-state index in [1.54, 1.807) is 18.2 Å². The van der Waals surface area contributed by atoms with Crippen molar-refractivity contribution in [1.82, 2.24) is 10.1 Å². The molecule has 2 aromatic rings. The van der Waals surface area contributed by atoms with Crippen LogP contribution in [0.2, 0.25) is 0 Å². The Labute approximate surface area is 123 Å². The molecule has 0 amide bonds. The summed E-state index contributed by atoms with van der Waals surface area (Å²) in [5, 5.41) is 13.7. The summed E-state index contributed by atoms with van der Waals surface area (Å²) in [4.78, 5) is 6.63. The standard InChI is InChI=1S/C15H19N3O3/c1-20-13-10-11(6-7-12(13)19)14-16-15(17-21-14)18-8-4-2-3-5-9-18/h6-7,10,19H,2-5,8-9H2,1H3. The lowest BCUT2D eigenvalue weighted by Crippen LogP contribution is -2.24. The lowest BCUT2D eigenvalue weighted by atomic mass is 10.2. The fourth-order valence-electron chi connectivity index (χ4n) is 2.54. The Bertz CT molecular complexity index is 604. The van der Waals surface area contributed by atoms with Gasteiger partial charge < -0.3 is 19.3 Å². The molecule has 0 bridgehead atoms. The summed E-state index contributed by atoms with van der Waals surface area (Å²) >= 11 is 0. The zero-order valence-corrected chi connectivity index (χ0v) is 12.1. The molecule has 1 saturated heterocycles. The van der Waals surface area contributed by atoms with Gasteiger partial charge in [-0.3, -0.25) is 0 Å². The van der Waals surface area contributed by atoms with Gasteiger partial charge >= 0.3 is 0 Å². The first-order chi connectivity index (χ1) is 10.3. The molecule has 0 atom stereocenters. The molecule has 6 heteroatoms. The molecular formula is C15H19N3O3. The molecule has 2 heterocycles. The number of ether oxygens (including phenoxy) is 1. The second-order valence-corrected chi connectivity index (χ2v) is 5.19. The van der Waals surface area contributed by atoms with Crippen LogP contribution in [0.25, 0.3) is 11.5 Å². The molecule has 0 radical (unpaired) electrons. The van der Waals surface area contributed by atoms with E-state index in [1.165, 1.54) is 20.0 Å². The van der Waals surface area contributed by atoms with Crippen molar-refractivity contribution < 1.29 is 14.4 Å². The van der Waals surface area contributed by atoms with Crippen molar-refractivity contribution in [2.45, 2.75) is 25.7 Å². The number of rotatable bonds is 3. The number of methoxy groups -OCH3 is 1. The van der Waals surface area contributed by atoms with Gasteiger partial charge in [0.05, 0.1) is 7.11 Å². The highest BCUT2D eigenvalue weighted by Gasteiger charge is 2.17. The summed E-state index contributed by atoms with van der Waals surface area (Å²) in [7, 11) is 1.51. The maximum Gasteiger partial charge on any atom is 0.266 e. The Balaban J connectivity index is 1.84. The summed E-state index contributed by atoms with van der Waals surface area (Å²) < 4.78 is 10.4. The topological polar surface area (TPSA) is 71.6 Å². The molecule has 3 rings (SSSR count). The van der Waals surface area contributed by atoms with Gasteiger partial charge in [0.2, 0.25) is 0 Å². The maximum absolute atomic E-state index is 9.62. The number of phenols is 1. The van der Waals surface area contributed by atoms with Crippen molar-refractivity contribution in [3.8, 4) is 23.0 Å². The second kappa shape index (κ2) is 6.03. The van der Waals surface area contributed by atoms with E-state index in [9.17, 15) is 5.11 Å². The zero-order valence-electron chi connectivity index (χ0n) is 12.1. The van der Waals surface area contributed by atoms with E-state index in [-0.39, 0.29) is 5.75 Å². The van der Waals surface area contributed by atoms with Crippen LogP contribution in [-0.4, -0.2) is 35.4 Å². The average Bonchev–Trinajstić information content (AvgIpc) is 2.83. The fourth-order valence-corrected chi connectivity index (χ4v) is 2.54. The van der Waals surface area contributed by atoms with Crippen LogP contribution < -0.4 is 9.64 Å². The van der Waals surface area contributed by atoms with E-state index in [0.717, 1.165) is 31.5 Å². The number of aromatic nitrogens is 2. The Morgan fingerprint density at radius 1 is 1.19 bits per heavy atom. The molecule has 1 aromatic carbocycles. The van der Waals surface area contributed by atoms with Gasteiger partial charge in [0, 0.05) is 18.7 Å². The fraction of sp³-hybridized carbons (Fsp3) is 0.467. The van der Waals surface area contributed by atoms with Gasteiger partial charge in [-0.1, -0.05) is 12.8 Å². The molecule has 0 aliphatic carbocycles. The zero-order chi connectivity index (χ0) is 14.7. The van der Waals surface area contributed by atoms with E-state index in [4.69, 9.17) is 9.26 Å². The van der Waals surface area contributed by atoms with Crippen LogP contribution >= 0.6 is 0 Å². The Kier molecular flexibility index (Phi) is 3.94. The minimum atomic E-state index is 0.0912. The van der Waals surface area contributed by atoms with Crippen molar-refractivity contribution in [2.75, 3.05) is 25.1 Å². The first-order valence-electron chi connectivity index (χ1n) is 7.24. The normalized spacial score (nSPS) is 15.8. The molecule has 1 aliphatic rings. The smallest absolute Gasteiger partial charge is 0.266 e. The lowest BCUT2D eigenvalue weighted by Gasteiger charge is -2.16. The number of anilines is 1. The summed E-state index contributed by atoms with van der Waals surface area (Å²) in [5.41, 5.74) is 0.734. The van der Waals surface area contributed by atoms with Gasteiger partial charge in [0.25, 0.3) is 11.8 Å². The number of benzene rings is 1. The number of phenolic OH excluding ortho intramolecular Hbond substituents is 1. The second-order valence-electron chi connectivity index (χ2n) is 5.19. The maximum atomic E-state index is 9.62. The lowest BCUT2D eigenvalue weighted by molar-refractivity contribution is 0.373. The number of hydrogen-bond acceptors (Lipinski definition) is 6. The molecule has 0 saturated carbocycles. The third kappa shape index (κ3) is 2.94. The van der Waals surface area contributed by atoms with Gasteiger partial charge in [-0.05, 0) is 36.2 Å². The van der Waals surface area contributed by atoms with Crippen molar-refractivity contribution in [2.24, 2.45) is 0 Å². The number of hydrogen-bond donors (Lipinski definition) is 1. The van der Waals surface area contributed by atoms with Crippen molar-refractivity contribution >= 4 is 5.95 Å². The van der Waals surface area contributed by atoms with Crippen LogP contribution in [0.4, 0.5) is 5.95 Å². The largest absolute Gasteiger partial charge is 0.504 e. The van der Waals surface area contributed by atoms with E-state index in [0.29, 0.717) is 17.6 Å². The van der Waals surface area contributed by atoms with E-state index < -0.39 is 0 Å². The SMILES string of the molecule is COc1cc(-c2nc(N3CCCCCC3)no2)ccc1O. The molecule has 1 fully saturated rings. The minimum Gasteiger partial charge on any atom is -0.504 e. The third-order valence-corrected chi connectivity index (χ3v) is 3.73. The summed E-state index contributed by atoms with van der Waals surface area (Å²) in [6.07, 6.45) is 4.85. The van der Waals surface area contributed by atoms with Gasteiger partial charge in [0.1, 0.15) is 0 Å². The molecule has 21 heavy (non-hydrogen) atoms. The Hall–Kier alpha value is -2.24. The average molecular weight is 289 g/mol. The van der Waals surface area contributed by atoms with E-state index >= 15 is 0 Å². The van der Waals surface area contributed by atoms with Crippen LogP contribution in [-0.2, 0) is 0 Å². The first-order valence-corrected chi connectivity index (χ1v) is 7.24. The predicted octanol–water partition coefficient (Wildman–Crippen LogP) is 2.83. The summed E-state index contributed by atoms with van der Waals surface area (Å²) in [6.45, 7) is 1.94. The predicted molar refractivity (Wildman–Crippen MR) is 78.6 cm³/mol. The first kappa shape index (κ1) is 13.7. The summed E-state index contributed by atoms with van der Waals surface area (Å²) in [5.74, 6) is 1.56. The van der Waals surface area contributed by atoms with Crippen molar-refractivity contribution in [3.63, 3.8) is 0 Å². The van der Waals surface area contributed by atoms with Crippen molar-refractivity contribution in [1.29, 1.82) is 0 Å². The van der Waals surface area contributed by atoms with E-state index in [2.05, 4.69) is 15.0 Å². The molecule has 0 unspecified atom stereocenters. The molecule has 1 aromatic heterocycles. The highest BCUT2D eigenvalue weighted by atomic mass is 16.5. The Morgan fingerprint density at radius 3 is 2.67 bits per heavy atom. The van der Waals surface area contributed by atoms with Crippen LogP contribution in [0.15, 0.2) is 22.7 Å². The quantitative estimate of drug-likeness (QED) is 0.936. The van der Waals surface area contributed by atoms with Gasteiger partial charge in [-0.15, -0.1) is 0 Å². The highest BCUT2D eigenvalue weighted by Crippen LogP contribution is 2.31. The highest BCUT2D eigenvalue weighted by molar-refractivity contribution is 5.60. The molecular weight excluding hydrogens is 270 g/mol. The Morgan fingerprint density at radius 2 is 1.95 bits per heavy atom. The monoisotopic (exact) mass is 289 g/mol. The third-order valence-electron chi connectivity index (χ3n) is 3.73. The van der Waals surface area contributed by atoms with Gasteiger partial charge in [-0.25, -0.2) is 0 Å². The van der Waals surface area contributed by atoms with Crippen LogP contribution in [0.3, 0.4) is 0 Å². The van der Waals surface area contributed by atoms with Crippen LogP contribution in [0, 0.1) is 0 Å². The molecule has 6 nitrogen and oxygen atoms in total. The molecule has 0 spiro atoms. The summed E-state index contributed by atoms with van der Waals surface area (Å²) in [6, 6.07) is 4.98. The number of aromatic hydroxyl groups is 1.